The van der Waals surface area contributed by atoms with Crippen LogP contribution >= 0.6 is 0 Å². The third kappa shape index (κ3) is 2.41. The highest BCUT2D eigenvalue weighted by atomic mass is 16.2. The molecular weight excluding hydrogens is 164 g/mol. The van der Waals surface area contributed by atoms with E-state index in [0.29, 0.717) is 5.92 Å². The Hall–Kier alpha value is -1.12. The minimum Gasteiger partial charge on any atom is -0.267 e. The number of hydrazone groups is 1. The van der Waals surface area contributed by atoms with E-state index in [4.69, 9.17) is 0 Å². The smallest absolute Gasteiger partial charge is 0.267 e. The number of carbonyl (C=O) groups is 1. The van der Waals surface area contributed by atoms with Gasteiger partial charge < -0.3 is 0 Å². The lowest BCUT2D eigenvalue weighted by atomic mass is 10.0. The molecule has 1 atom stereocenters. The zero-order chi connectivity index (χ0) is 9.84. The Labute approximate surface area is 78.9 Å². The van der Waals surface area contributed by atoms with Crippen LogP contribution in [0.1, 0.15) is 33.6 Å². The molecule has 1 rings (SSSR count). The number of rotatable bonds is 3. The molecule has 0 saturated carbocycles. The third-order valence-electron chi connectivity index (χ3n) is 2.15. The van der Waals surface area contributed by atoms with Gasteiger partial charge in [-0.25, -0.2) is 5.43 Å². The van der Waals surface area contributed by atoms with E-state index in [1.54, 1.807) is 0 Å². The van der Waals surface area contributed by atoms with Crippen molar-refractivity contribution >= 4 is 11.6 Å². The highest BCUT2D eigenvalue weighted by Gasteiger charge is 2.18. The van der Waals surface area contributed by atoms with Crippen LogP contribution in [0.2, 0.25) is 0 Å². The van der Waals surface area contributed by atoms with Gasteiger partial charge in [0.15, 0.2) is 0 Å². The van der Waals surface area contributed by atoms with E-state index in [-0.39, 0.29) is 5.91 Å². The summed E-state index contributed by atoms with van der Waals surface area (Å²) in [4.78, 5) is 11.2. The largest absolute Gasteiger partial charge is 0.272 e. The number of allylic oxidation sites excluding steroid dienone is 1. The SMILES string of the molecule is CCCC(C)/C=C1/C(=O)NN=C1C. The van der Waals surface area contributed by atoms with Gasteiger partial charge >= 0.3 is 0 Å². The molecule has 0 spiro atoms. The normalized spacial score (nSPS) is 21.6. The zero-order valence-corrected chi connectivity index (χ0v) is 8.42. The van der Waals surface area contributed by atoms with Crippen molar-refractivity contribution in [2.75, 3.05) is 0 Å². The van der Waals surface area contributed by atoms with Crippen LogP contribution in [-0.2, 0) is 4.79 Å². The van der Waals surface area contributed by atoms with Crippen LogP contribution in [0.4, 0.5) is 0 Å². The van der Waals surface area contributed by atoms with Crippen LogP contribution in [0, 0.1) is 5.92 Å². The van der Waals surface area contributed by atoms with Crippen molar-refractivity contribution in [3.05, 3.63) is 11.6 Å². The fraction of sp³-hybridized carbons (Fsp3) is 0.600. The van der Waals surface area contributed by atoms with Gasteiger partial charge in [0.25, 0.3) is 5.91 Å². The summed E-state index contributed by atoms with van der Waals surface area (Å²) in [7, 11) is 0. The molecule has 3 nitrogen and oxygen atoms in total. The Balaban J connectivity index is 2.69. The third-order valence-corrected chi connectivity index (χ3v) is 2.15. The van der Waals surface area contributed by atoms with Gasteiger partial charge in [-0.3, -0.25) is 4.79 Å². The standard InChI is InChI=1S/C10H16N2O/c1-4-5-7(2)6-9-8(3)11-12-10(9)13/h6-7H,4-5H2,1-3H3,(H,12,13)/b9-6+. The predicted molar refractivity (Wildman–Crippen MR) is 53.4 cm³/mol. The van der Waals surface area contributed by atoms with Gasteiger partial charge in [-0.15, -0.1) is 0 Å². The quantitative estimate of drug-likeness (QED) is 0.662. The van der Waals surface area contributed by atoms with Gasteiger partial charge in [0, 0.05) is 0 Å². The Morgan fingerprint density at radius 3 is 2.77 bits per heavy atom. The molecule has 72 valence electrons. The van der Waals surface area contributed by atoms with Crippen LogP contribution in [0.5, 0.6) is 0 Å². The number of hydrogen-bond acceptors (Lipinski definition) is 2. The summed E-state index contributed by atoms with van der Waals surface area (Å²) in [5.41, 5.74) is 3.98. The monoisotopic (exact) mass is 180 g/mol. The van der Waals surface area contributed by atoms with Gasteiger partial charge in [0.2, 0.25) is 0 Å². The van der Waals surface area contributed by atoms with Crippen molar-refractivity contribution < 1.29 is 4.79 Å². The zero-order valence-electron chi connectivity index (χ0n) is 8.42. The van der Waals surface area contributed by atoms with Crippen molar-refractivity contribution in [1.29, 1.82) is 0 Å². The minimum absolute atomic E-state index is 0.0690. The lowest BCUT2D eigenvalue weighted by Gasteiger charge is -2.04. The number of nitrogens with one attached hydrogen (secondary N) is 1. The maximum absolute atomic E-state index is 11.2. The first kappa shape index (κ1) is 9.96. The molecule has 1 heterocycles. The van der Waals surface area contributed by atoms with Crippen molar-refractivity contribution in [3.8, 4) is 0 Å². The molecule has 0 aromatic rings. The number of hydrogen-bond donors (Lipinski definition) is 1. The Morgan fingerprint density at radius 2 is 2.31 bits per heavy atom. The van der Waals surface area contributed by atoms with Crippen LogP contribution in [0.15, 0.2) is 16.8 Å². The first-order valence-corrected chi connectivity index (χ1v) is 4.72. The number of amides is 1. The second-order valence-electron chi connectivity index (χ2n) is 3.48. The lowest BCUT2D eigenvalue weighted by molar-refractivity contribution is -0.116. The van der Waals surface area contributed by atoms with E-state index in [1.807, 2.05) is 13.0 Å². The Bertz CT molecular complexity index is 266. The van der Waals surface area contributed by atoms with Gasteiger partial charge in [-0.05, 0) is 19.3 Å². The van der Waals surface area contributed by atoms with Crippen LogP contribution in [0.3, 0.4) is 0 Å². The molecule has 1 amide bonds. The molecule has 0 aromatic heterocycles. The first-order chi connectivity index (χ1) is 6.15. The molecule has 1 aliphatic rings. The summed E-state index contributed by atoms with van der Waals surface area (Å²) in [6.45, 7) is 6.11. The summed E-state index contributed by atoms with van der Waals surface area (Å²) in [6.07, 6.45) is 4.26. The van der Waals surface area contributed by atoms with E-state index in [1.165, 1.54) is 0 Å². The molecule has 0 saturated heterocycles. The molecule has 1 N–H and O–H groups in total. The highest BCUT2D eigenvalue weighted by Crippen LogP contribution is 2.13. The average molecular weight is 180 g/mol. The van der Waals surface area contributed by atoms with Crippen molar-refractivity contribution in [2.45, 2.75) is 33.6 Å². The molecule has 0 fully saturated rings. The maximum atomic E-state index is 11.2. The molecular formula is C10H16N2O. The van der Waals surface area contributed by atoms with E-state index in [0.717, 1.165) is 24.1 Å². The molecule has 1 unspecified atom stereocenters. The van der Waals surface area contributed by atoms with E-state index >= 15 is 0 Å². The molecule has 0 aromatic carbocycles. The summed E-state index contributed by atoms with van der Waals surface area (Å²) in [5, 5.41) is 3.86. The topological polar surface area (TPSA) is 41.5 Å². The Kier molecular flexibility index (Phi) is 3.23. The molecule has 1 aliphatic heterocycles. The number of nitrogens with zero attached hydrogens (tertiary/aromatic N) is 1. The van der Waals surface area contributed by atoms with Gasteiger partial charge in [0.05, 0.1) is 11.3 Å². The van der Waals surface area contributed by atoms with Crippen molar-refractivity contribution in [2.24, 2.45) is 11.0 Å². The summed E-state index contributed by atoms with van der Waals surface area (Å²) in [5.74, 6) is 0.384. The average Bonchev–Trinajstić information content (AvgIpc) is 2.36. The first-order valence-electron chi connectivity index (χ1n) is 4.72. The van der Waals surface area contributed by atoms with Crippen LogP contribution in [0.25, 0.3) is 0 Å². The van der Waals surface area contributed by atoms with Crippen LogP contribution in [-0.4, -0.2) is 11.6 Å². The fourth-order valence-corrected chi connectivity index (χ4v) is 1.44. The Morgan fingerprint density at radius 1 is 1.62 bits per heavy atom. The molecule has 0 bridgehead atoms. The maximum Gasteiger partial charge on any atom is 0.272 e. The predicted octanol–water partition coefficient (Wildman–Crippen LogP) is 1.85. The second kappa shape index (κ2) is 4.21. The molecule has 0 radical (unpaired) electrons. The summed E-state index contributed by atoms with van der Waals surface area (Å²) in [6, 6.07) is 0. The van der Waals surface area contributed by atoms with Crippen molar-refractivity contribution in [3.63, 3.8) is 0 Å². The van der Waals surface area contributed by atoms with Crippen molar-refractivity contribution in [1.82, 2.24) is 5.43 Å². The van der Waals surface area contributed by atoms with Crippen LogP contribution < -0.4 is 5.43 Å². The summed E-state index contributed by atoms with van der Waals surface area (Å²) < 4.78 is 0. The molecule has 13 heavy (non-hydrogen) atoms. The van der Waals surface area contributed by atoms with Gasteiger partial charge in [-0.1, -0.05) is 26.3 Å². The summed E-state index contributed by atoms with van der Waals surface area (Å²) >= 11 is 0. The molecule has 0 aliphatic carbocycles. The molecule has 3 heteroatoms. The number of carbonyl (C=O) groups excluding carboxylic acids is 1. The van der Waals surface area contributed by atoms with E-state index in [2.05, 4.69) is 24.4 Å². The lowest BCUT2D eigenvalue weighted by Crippen LogP contribution is -2.13. The van der Waals surface area contributed by atoms with E-state index < -0.39 is 0 Å². The highest BCUT2D eigenvalue weighted by molar-refractivity contribution is 6.23. The van der Waals surface area contributed by atoms with Gasteiger partial charge in [0.1, 0.15) is 0 Å². The van der Waals surface area contributed by atoms with Gasteiger partial charge in [-0.2, -0.15) is 5.10 Å². The van der Waals surface area contributed by atoms with E-state index in [9.17, 15) is 4.79 Å². The minimum atomic E-state index is -0.0690. The second-order valence-corrected chi connectivity index (χ2v) is 3.48. The fourth-order valence-electron chi connectivity index (χ4n) is 1.44.